The molecule has 0 saturated carbocycles. The van der Waals surface area contributed by atoms with Gasteiger partial charge in [0.25, 0.3) is 0 Å². The molecule has 0 radical (unpaired) electrons. The van der Waals surface area contributed by atoms with Crippen LogP contribution < -0.4 is 15.4 Å². The van der Waals surface area contributed by atoms with Crippen LogP contribution in [0.5, 0.6) is 5.75 Å². The zero-order chi connectivity index (χ0) is 15.9. The molecular formula is C17H19ClN2O2. The number of urea groups is 1. The third-order valence-corrected chi connectivity index (χ3v) is 3.37. The molecule has 5 heteroatoms. The van der Waals surface area contributed by atoms with E-state index in [1.807, 2.05) is 24.3 Å². The van der Waals surface area contributed by atoms with Gasteiger partial charge in [0.05, 0.1) is 0 Å². The van der Waals surface area contributed by atoms with E-state index in [0.29, 0.717) is 16.7 Å². The summed E-state index contributed by atoms with van der Waals surface area (Å²) in [6.45, 7) is 4.25. The predicted molar refractivity (Wildman–Crippen MR) is 89.6 cm³/mol. The van der Waals surface area contributed by atoms with Crippen molar-refractivity contribution in [3.63, 3.8) is 0 Å². The Kier molecular flexibility index (Phi) is 5.67. The quantitative estimate of drug-likeness (QED) is 0.790. The SMILES string of the molecule is CC(C)c1ccccc1NC(=O)NCOc1ccc(Cl)cc1. The van der Waals surface area contributed by atoms with Crippen LogP contribution in [0.3, 0.4) is 0 Å². The van der Waals surface area contributed by atoms with Crippen molar-refractivity contribution in [2.24, 2.45) is 0 Å². The molecule has 0 aromatic heterocycles. The van der Waals surface area contributed by atoms with Crippen LogP contribution in [0.4, 0.5) is 10.5 Å². The van der Waals surface area contributed by atoms with Gasteiger partial charge in [-0.1, -0.05) is 43.6 Å². The van der Waals surface area contributed by atoms with E-state index in [-0.39, 0.29) is 12.8 Å². The number of ether oxygens (including phenoxy) is 1. The van der Waals surface area contributed by atoms with E-state index in [4.69, 9.17) is 16.3 Å². The van der Waals surface area contributed by atoms with Crippen molar-refractivity contribution in [1.29, 1.82) is 0 Å². The number of anilines is 1. The summed E-state index contributed by atoms with van der Waals surface area (Å²) in [6.07, 6.45) is 0. The fourth-order valence-electron chi connectivity index (χ4n) is 2.00. The number of hydrogen-bond donors (Lipinski definition) is 2. The second kappa shape index (κ2) is 7.71. The molecule has 2 aromatic carbocycles. The second-order valence-electron chi connectivity index (χ2n) is 5.12. The predicted octanol–water partition coefficient (Wildman–Crippen LogP) is 4.62. The molecule has 116 valence electrons. The van der Waals surface area contributed by atoms with E-state index in [1.54, 1.807) is 24.3 Å². The highest BCUT2D eigenvalue weighted by Crippen LogP contribution is 2.23. The Balaban J connectivity index is 1.84. The topological polar surface area (TPSA) is 50.4 Å². The van der Waals surface area contributed by atoms with Crippen LogP contribution in [0.25, 0.3) is 0 Å². The summed E-state index contributed by atoms with van der Waals surface area (Å²) < 4.78 is 5.42. The Bertz CT molecular complexity index is 627. The van der Waals surface area contributed by atoms with Crippen molar-refractivity contribution in [2.75, 3.05) is 12.0 Å². The van der Waals surface area contributed by atoms with Gasteiger partial charge in [-0.05, 0) is 41.8 Å². The minimum absolute atomic E-state index is 0.0807. The summed E-state index contributed by atoms with van der Waals surface area (Å²) in [4.78, 5) is 11.9. The lowest BCUT2D eigenvalue weighted by molar-refractivity contribution is 0.234. The molecule has 0 aliphatic rings. The first kappa shape index (κ1) is 16.2. The third-order valence-electron chi connectivity index (χ3n) is 3.12. The summed E-state index contributed by atoms with van der Waals surface area (Å²) in [5, 5.41) is 6.13. The monoisotopic (exact) mass is 318 g/mol. The van der Waals surface area contributed by atoms with E-state index in [1.165, 1.54) is 0 Å². The number of carbonyl (C=O) groups excluding carboxylic acids is 1. The summed E-state index contributed by atoms with van der Waals surface area (Å²) in [7, 11) is 0. The van der Waals surface area contributed by atoms with Gasteiger partial charge in [0.1, 0.15) is 5.75 Å². The lowest BCUT2D eigenvalue weighted by Crippen LogP contribution is -2.32. The van der Waals surface area contributed by atoms with Crippen LogP contribution in [0.15, 0.2) is 48.5 Å². The van der Waals surface area contributed by atoms with Gasteiger partial charge in [-0.2, -0.15) is 0 Å². The number of halogens is 1. The number of amides is 2. The van der Waals surface area contributed by atoms with Crippen LogP contribution in [-0.2, 0) is 0 Å². The average Bonchev–Trinajstić information content (AvgIpc) is 2.49. The minimum Gasteiger partial charge on any atom is -0.473 e. The first-order chi connectivity index (χ1) is 10.6. The first-order valence-corrected chi connectivity index (χ1v) is 7.46. The molecule has 0 spiro atoms. The van der Waals surface area contributed by atoms with E-state index < -0.39 is 0 Å². The minimum atomic E-state index is -0.304. The van der Waals surface area contributed by atoms with Crippen molar-refractivity contribution >= 4 is 23.3 Å². The molecule has 2 rings (SSSR count). The molecule has 0 atom stereocenters. The molecule has 0 fully saturated rings. The van der Waals surface area contributed by atoms with Gasteiger partial charge in [0, 0.05) is 10.7 Å². The highest BCUT2D eigenvalue weighted by Gasteiger charge is 2.08. The summed E-state index contributed by atoms with van der Waals surface area (Å²) in [5.74, 6) is 0.981. The molecule has 0 unspecified atom stereocenters. The van der Waals surface area contributed by atoms with Gasteiger partial charge in [-0.15, -0.1) is 0 Å². The molecule has 2 aromatic rings. The van der Waals surface area contributed by atoms with Crippen molar-refractivity contribution in [1.82, 2.24) is 5.32 Å². The highest BCUT2D eigenvalue weighted by atomic mass is 35.5. The Morgan fingerprint density at radius 2 is 1.82 bits per heavy atom. The van der Waals surface area contributed by atoms with E-state index in [2.05, 4.69) is 24.5 Å². The maximum Gasteiger partial charge on any atom is 0.321 e. The summed E-state index contributed by atoms with van der Waals surface area (Å²) in [5.41, 5.74) is 1.90. The molecule has 2 N–H and O–H groups in total. The molecule has 0 saturated heterocycles. The molecular weight excluding hydrogens is 300 g/mol. The van der Waals surface area contributed by atoms with Crippen molar-refractivity contribution < 1.29 is 9.53 Å². The Morgan fingerprint density at radius 3 is 2.50 bits per heavy atom. The van der Waals surface area contributed by atoms with Gasteiger partial charge in [-0.3, -0.25) is 0 Å². The van der Waals surface area contributed by atoms with Crippen molar-refractivity contribution in [3.05, 3.63) is 59.1 Å². The fourth-order valence-corrected chi connectivity index (χ4v) is 2.12. The van der Waals surface area contributed by atoms with Crippen LogP contribution in [0, 0.1) is 0 Å². The largest absolute Gasteiger partial charge is 0.473 e. The standard InChI is InChI=1S/C17H19ClN2O2/c1-12(2)15-5-3-4-6-16(15)20-17(21)19-11-22-14-9-7-13(18)8-10-14/h3-10,12H,11H2,1-2H3,(H2,19,20,21). The normalized spacial score (nSPS) is 10.4. The maximum atomic E-state index is 11.9. The van der Waals surface area contributed by atoms with Gasteiger partial charge >= 0.3 is 6.03 Å². The molecule has 0 aliphatic carbocycles. The molecule has 0 aliphatic heterocycles. The zero-order valence-electron chi connectivity index (χ0n) is 12.6. The molecule has 22 heavy (non-hydrogen) atoms. The Morgan fingerprint density at radius 1 is 1.14 bits per heavy atom. The number of carbonyl (C=O) groups is 1. The summed E-state index contributed by atoms with van der Waals surface area (Å²) in [6, 6.07) is 14.4. The van der Waals surface area contributed by atoms with Crippen LogP contribution >= 0.6 is 11.6 Å². The smallest absolute Gasteiger partial charge is 0.321 e. The average molecular weight is 319 g/mol. The van der Waals surface area contributed by atoms with Crippen molar-refractivity contribution in [2.45, 2.75) is 19.8 Å². The number of rotatable bonds is 5. The van der Waals surface area contributed by atoms with E-state index in [0.717, 1.165) is 11.3 Å². The van der Waals surface area contributed by atoms with Crippen molar-refractivity contribution in [3.8, 4) is 5.75 Å². The molecule has 0 heterocycles. The van der Waals surface area contributed by atoms with Gasteiger partial charge in [0.15, 0.2) is 6.73 Å². The Hall–Kier alpha value is -2.20. The number of benzene rings is 2. The first-order valence-electron chi connectivity index (χ1n) is 7.08. The van der Waals surface area contributed by atoms with E-state index >= 15 is 0 Å². The highest BCUT2D eigenvalue weighted by molar-refractivity contribution is 6.30. The number of para-hydroxylation sites is 1. The zero-order valence-corrected chi connectivity index (χ0v) is 13.4. The number of nitrogens with one attached hydrogen (secondary N) is 2. The fraction of sp³-hybridized carbons (Fsp3) is 0.235. The van der Waals surface area contributed by atoms with Gasteiger partial charge in [-0.25, -0.2) is 4.79 Å². The number of hydrogen-bond acceptors (Lipinski definition) is 2. The Labute approximate surface area is 135 Å². The van der Waals surface area contributed by atoms with Crippen LogP contribution in [0.1, 0.15) is 25.3 Å². The molecule has 0 bridgehead atoms. The lowest BCUT2D eigenvalue weighted by Gasteiger charge is -2.14. The second-order valence-corrected chi connectivity index (χ2v) is 5.55. The van der Waals surface area contributed by atoms with Gasteiger partial charge < -0.3 is 15.4 Å². The van der Waals surface area contributed by atoms with Crippen LogP contribution in [-0.4, -0.2) is 12.8 Å². The molecule has 2 amide bonds. The third kappa shape index (κ3) is 4.67. The molecule has 4 nitrogen and oxygen atoms in total. The maximum absolute atomic E-state index is 11.9. The summed E-state index contributed by atoms with van der Waals surface area (Å²) >= 11 is 5.79. The lowest BCUT2D eigenvalue weighted by atomic mass is 10.0. The van der Waals surface area contributed by atoms with E-state index in [9.17, 15) is 4.79 Å². The van der Waals surface area contributed by atoms with Gasteiger partial charge in [0.2, 0.25) is 0 Å². The van der Waals surface area contributed by atoms with Crippen LogP contribution in [0.2, 0.25) is 5.02 Å².